The molecule has 0 aliphatic heterocycles. The summed E-state index contributed by atoms with van der Waals surface area (Å²) in [5.74, 6) is -1.03. The highest BCUT2D eigenvalue weighted by atomic mass is 19.1. The van der Waals surface area contributed by atoms with Crippen LogP contribution in [-0.4, -0.2) is 28.4 Å². The summed E-state index contributed by atoms with van der Waals surface area (Å²) in [4.78, 5) is 41.2. The Morgan fingerprint density at radius 3 is 2.50 bits per heavy atom. The van der Waals surface area contributed by atoms with E-state index in [9.17, 15) is 18.8 Å². The third-order valence-corrected chi connectivity index (χ3v) is 4.22. The smallest absolute Gasteiger partial charge is 0.273 e. The van der Waals surface area contributed by atoms with Gasteiger partial charge in [-0.15, -0.1) is 0 Å². The third-order valence-electron chi connectivity index (χ3n) is 4.22. The molecule has 0 saturated carbocycles. The van der Waals surface area contributed by atoms with E-state index in [1.54, 1.807) is 24.3 Å². The molecule has 0 spiro atoms. The van der Waals surface area contributed by atoms with E-state index in [0.717, 1.165) is 0 Å². The lowest BCUT2D eigenvalue weighted by molar-refractivity contribution is -0.120. The van der Waals surface area contributed by atoms with Gasteiger partial charge in [0.15, 0.2) is 0 Å². The topological polar surface area (TPSA) is 93.1 Å². The van der Waals surface area contributed by atoms with Crippen molar-refractivity contribution in [3.63, 3.8) is 0 Å². The van der Waals surface area contributed by atoms with Gasteiger partial charge in [0.1, 0.15) is 18.1 Å². The zero-order valence-electron chi connectivity index (χ0n) is 15.2. The number of carbonyl (C=O) groups excluding carboxylic acids is 2. The number of halogens is 1. The fourth-order valence-corrected chi connectivity index (χ4v) is 2.80. The summed E-state index contributed by atoms with van der Waals surface area (Å²) >= 11 is 0. The van der Waals surface area contributed by atoms with E-state index in [1.807, 2.05) is 0 Å². The molecule has 0 fully saturated rings. The second kappa shape index (κ2) is 8.43. The second-order valence-corrected chi connectivity index (χ2v) is 6.17. The molecule has 0 saturated heterocycles. The van der Waals surface area contributed by atoms with E-state index in [0.29, 0.717) is 16.7 Å². The van der Waals surface area contributed by atoms with Crippen molar-refractivity contribution in [1.29, 1.82) is 0 Å². The van der Waals surface area contributed by atoms with Crippen molar-refractivity contribution >= 4 is 28.5 Å². The number of benzene rings is 2. The first-order valence-electron chi connectivity index (χ1n) is 8.72. The van der Waals surface area contributed by atoms with Crippen LogP contribution in [0.4, 0.5) is 10.1 Å². The Hall–Kier alpha value is -3.55. The van der Waals surface area contributed by atoms with Crippen molar-refractivity contribution < 1.29 is 14.0 Å². The lowest BCUT2D eigenvalue weighted by atomic mass is 10.2. The monoisotopic (exact) mass is 382 g/mol. The van der Waals surface area contributed by atoms with Crippen molar-refractivity contribution in [1.82, 2.24) is 14.9 Å². The molecule has 28 heavy (non-hydrogen) atoms. The number of anilines is 1. The standard InChI is InChI=1S/C20H19FN4O3/c1-22-18(26)11-10-16-20(28)25(17-5-3-2-4-15(17)24-16)12-19(27)23-14-8-6-13(21)7-9-14/h2-9H,10-12H2,1H3,(H,22,26)(H,23,27). The number of aryl methyl sites for hydroxylation is 1. The van der Waals surface area contributed by atoms with Gasteiger partial charge >= 0.3 is 0 Å². The highest BCUT2D eigenvalue weighted by Gasteiger charge is 2.14. The molecular weight excluding hydrogens is 363 g/mol. The Balaban J connectivity index is 1.90. The summed E-state index contributed by atoms with van der Waals surface area (Å²) in [5, 5.41) is 5.14. The number of fused-ring (bicyclic) bond motifs is 1. The molecular formula is C20H19FN4O3. The van der Waals surface area contributed by atoms with Crippen LogP contribution in [0.25, 0.3) is 11.0 Å². The van der Waals surface area contributed by atoms with Gasteiger partial charge in [0.25, 0.3) is 5.56 Å². The number of carbonyl (C=O) groups is 2. The van der Waals surface area contributed by atoms with Gasteiger partial charge in [0.05, 0.1) is 11.0 Å². The Kier molecular flexibility index (Phi) is 5.78. The normalized spacial score (nSPS) is 10.6. The average Bonchev–Trinajstić information content (AvgIpc) is 2.70. The van der Waals surface area contributed by atoms with Crippen molar-refractivity contribution in [2.75, 3.05) is 12.4 Å². The summed E-state index contributed by atoms with van der Waals surface area (Å²) in [6.07, 6.45) is 0.293. The molecule has 2 aromatic carbocycles. The highest BCUT2D eigenvalue weighted by molar-refractivity contribution is 5.91. The quantitative estimate of drug-likeness (QED) is 0.681. The molecule has 0 radical (unpaired) electrons. The van der Waals surface area contributed by atoms with E-state index in [-0.39, 0.29) is 31.0 Å². The molecule has 1 aromatic heterocycles. The largest absolute Gasteiger partial charge is 0.359 e. The predicted molar refractivity (Wildman–Crippen MR) is 103 cm³/mol. The maximum Gasteiger partial charge on any atom is 0.273 e. The number of para-hydroxylation sites is 2. The van der Waals surface area contributed by atoms with Crippen LogP contribution in [0.2, 0.25) is 0 Å². The first-order valence-corrected chi connectivity index (χ1v) is 8.72. The molecule has 0 unspecified atom stereocenters. The minimum atomic E-state index is -0.428. The van der Waals surface area contributed by atoms with Gasteiger partial charge in [-0.2, -0.15) is 0 Å². The van der Waals surface area contributed by atoms with Crippen LogP contribution in [0.15, 0.2) is 53.3 Å². The van der Waals surface area contributed by atoms with Crippen LogP contribution in [0.3, 0.4) is 0 Å². The number of nitrogens with one attached hydrogen (secondary N) is 2. The molecule has 7 nitrogen and oxygen atoms in total. The molecule has 0 bridgehead atoms. The number of nitrogens with zero attached hydrogens (tertiary/aromatic N) is 2. The first-order chi connectivity index (χ1) is 13.5. The fraction of sp³-hybridized carbons (Fsp3) is 0.200. The van der Waals surface area contributed by atoms with Crippen molar-refractivity contribution in [3.05, 3.63) is 70.4 Å². The summed E-state index contributed by atoms with van der Waals surface area (Å²) in [6, 6.07) is 12.3. The van der Waals surface area contributed by atoms with Gasteiger partial charge in [-0.3, -0.25) is 19.0 Å². The van der Waals surface area contributed by atoms with E-state index in [1.165, 1.54) is 35.9 Å². The Morgan fingerprint density at radius 1 is 1.07 bits per heavy atom. The fourth-order valence-electron chi connectivity index (χ4n) is 2.80. The van der Waals surface area contributed by atoms with Gasteiger partial charge in [-0.1, -0.05) is 12.1 Å². The van der Waals surface area contributed by atoms with E-state index < -0.39 is 17.3 Å². The number of hydrogen-bond acceptors (Lipinski definition) is 4. The molecule has 8 heteroatoms. The zero-order valence-corrected chi connectivity index (χ0v) is 15.2. The van der Waals surface area contributed by atoms with Crippen LogP contribution in [0.1, 0.15) is 12.1 Å². The molecule has 0 atom stereocenters. The van der Waals surface area contributed by atoms with Crippen LogP contribution in [0.5, 0.6) is 0 Å². The second-order valence-electron chi connectivity index (χ2n) is 6.17. The molecule has 0 aliphatic carbocycles. The zero-order chi connectivity index (χ0) is 20.1. The van der Waals surface area contributed by atoms with Crippen molar-refractivity contribution in [2.45, 2.75) is 19.4 Å². The lowest BCUT2D eigenvalue weighted by Crippen LogP contribution is -2.31. The minimum absolute atomic E-state index is 0.124. The van der Waals surface area contributed by atoms with Crippen molar-refractivity contribution in [3.8, 4) is 0 Å². The molecule has 2 N–H and O–H groups in total. The van der Waals surface area contributed by atoms with Crippen LogP contribution in [0, 0.1) is 5.82 Å². The molecule has 3 rings (SSSR count). The molecule has 144 valence electrons. The van der Waals surface area contributed by atoms with Crippen LogP contribution in [-0.2, 0) is 22.6 Å². The first kappa shape index (κ1) is 19.2. The Labute approximate surface area is 160 Å². The van der Waals surface area contributed by atoms with Crippen molar-refractivity contribution in [2.24, 2.45) is 0 Å². The summed E-state index contributed by atoms with van der Waals surface area (Å²) < 4.78 is 14.3. The Morgan fingerprint density at radius 2 is 1.79 bits per heavy atom. The number of amides is 2. The Bertz CT molecular complexity index is 1080. The maximum absolute atomic E-state index is 13.0. The third kappa shape index (κ3) is 4.40. The summed E-state index contributed by atoms with van der Waals surface area (Å²) in [5.41, 5.74) is 1.31. The summed E-state index contributed by atoms with van der Waals surface area (Å²) in [7, 11) is 1.52. The summed E-state index contributed by atoms with van der Waals surface area (Å²) in [6.45, 7) is -0.230. The predicted octanol–water partition coefficient (Wildman–Crippen LogP) is 1.85. The van der Waals surface area contributed by atoms with Gasteiger partial charge in [0.2, 0.25) is 11.8 Å². The number of hydrogen-bond donors (Lipinski definition) is 2. The van der Waals surface area contributed by atoms with E-state index in [2.05, 4.69) is 15.6 Å². The minimum Gasteiger partial charge on any atom is -0.359 e. The van der Waals surface area contributed by atoms with Crippen LogP contribution < -0.4 is 16.2 Å². The van der Waals surface area contributed by atoms with Gasteiger partial charge < -0.3 is 10.6 Å². The lowest BCUT2D eigenvalue weighted by Gasteiger charge is -2.12. The highest BCUT2D eigenvalue weighted by Crippen LogP contribution is 2.12. The van der Waals surface area contributed by atoms with Gasteiger partial charge in [-0.25, -0.2) is 9.37 Å². The van der Waals surface area contributed by atoms with Gasteiger partial charge in [0, 0.05) is 25.6 Å². The molecule has 0 aliphatic rings. The molecule has 3 aromatic rings. The number of rotatable bonds is 6. The number of aromatic nitrogens is 2. The molecule has 1 heterocycles. The van der Waals surface area contributed by atoms with Crippen LogP contribution >= 0.6 is 0 Å². The molecule has 2 amide bonds. The van der Waals surface area contributed by atoms with E-state index in [4.69, 9.17) is 0 Å². The van der Waals surface area contributed by atoms with E-state index >= 15 is 0 Å². The SMILES string of the molecule is CNC(=O)CCc1nc2ccccc2n(CC(=O)Nc2ccc(F)cc2)c1=O. The van der Waals surface area contributed by atoms with Gasteiger partial charge in [-0.05, 0) is 36.4 Å². The average molecular weight is 382 g/mol. The maximum atomic E-state index is 13.0.